The van der Waals surface area contributed by atoms with Crippen LogP contribution in [0.3, 0.4) is 0 Å². The highest BCUT2D eigenvalue weighted by molar-refractivity contribution is 6.35. The molecule has 1 aliphatic rings. The first-order chi connectivity index (χ1) is 14.2. The van der Waals surface area contributed by atoms with Gasteiger partial charge in [0.05, 0.1) is 19.8 Å². The SMILES string of the molecule is O=C(NCCC[NH+]1CCOCC1)C(=O)NCC(c1ccccc1)c1ccccc1. The number of carbonyl (C=O) groups excluding carboxylic acids is 2. The van der Waals surface area contributed by atoms with E-state index >= 15 is 0 Å². The molecule has 1 fully saturated rings. The van der Waals surface area contributed by atoms with E-state index in [4.69, 9.17) is 4.74 Å². The zero-order valence-electron chi connectivity index (χ0n) is 16.7. The van der Waals surface area contributed by atoms with E-state index in [9.17, 15) is 9.59 Å². The van der Waals surface area contributed by atoms with Crippen molar-refractivity contribution in [1.29, 1.82) is 0 Å². The number of quaternary nitrogens is 1. The van der Waals surface area contributed by atoms with Gasteiger partial charge in [-0.25, -0.2) is 0 Å². The maximum absolute atomic E-state index is 12.3. The molecule has 6 nitrogen and oxygen atoms in total. The van der Waals surface area contributed by atoms with E-state index in [1.54, 1.807) is 0 Å². The molecule has 29 heavy (non-hydrogen) atoms. The average molecular weight is 397 g/mol. The summed E-state index contributed by atoms with van der Waals surface area (Å²) in [4.78, 5) is 25.9. The van der Waals surface area contributed by atoms with Gasteiger partial charge in [-0.3, -0.25) is 9.59 Å². The van der Waals surface area contributed by atoms with Crippen LogP contribution in [0.4, 0.5) is 0 Å². The topological polar surface area (TPSA) is 71.9 Å². The van der Waals surface area contributed by atoms with Crippen molar-refractivity contribution in [3.05, 3.63) is 71.8 Å². The van der Waals surface area contributed by atoms with Crippen molar-refractivity contribution in [2.24, 2.45) is 0 Å². The normalized spacial score (nSPS) is 14.5. The molecule has 0 spiro atoms. The third-order valence-corrected chi connectivity index (χ3v) is 5.27. The van der Waals surface area contributed by atoms with Crippen LogP contribution in [0, 0.1) is 0 Å². The molecular weight excluding hydrogens is 366 g/mol. The van der Waals surface area contributed by atoms with Crippen molar-refractivity contribution in [2.75, 3.05) is 45.9 Å². The summed E-state index contributed by atoms with van der Waals surface area (Å²) in [5.74, 6) is -1.15. The average Bonchev–Trinajstić information content (AvgIpc) is 2.79. The van der Waals surface area contributed by atoms with Crippen molar-refractivity contribution in [3.8, 4) is 0 Å². The van der Waals surface area contributed by atoms with Crippen molar-refractivity contribution < 1.29 is 19.2 Å². The maximum Gasteiger partial charge on any atom is 0.309 e. The Morgan fingerprint density at radius 1 is 0.862 bits per heavy atom. The first-order valence-electron chi connectivity index (χ1n) is 10.3. The Kier molecular flexibility index (Phi) is 8.22. The second kappa shape index (κ2) is 11.3. The van der Waals surface area contributed by atoms with Gasteiger partial charge in [-0.15, -0.1) is 0 Å². The molecule has 0 aliphatic carbocycles. The number of nitrogens with one attached hydrogen (secondary N) is 3. The lowest BCUT2D eigenvalue weighted by Gasteiger charge is -2.23. The molecular formula is C23H30N3O3+. The predicted octanol–water partition coefficient (Wildman–Crippen LogP) is 0.356. The summed E-state index contributed by atoms with van der Waals surface area (Å²) in [5, 5.41) is 5.53. The standard InChI is InChI=1S/C23H29N3O3/c27-22(24-12-7-13-26-14-16-29-17-15-26)23(28)25-18-21(19-8-3-1-4-9-19)20-10-5-2-6-11-20/h1-6,8-11,21H,7,12-18H2,(H,24,27)(H,25,28)/p+1. The largest absolute Gasteiger partial charge is 0.370 e. The molecule has 0 bridgehead atoms. The van der Waals surface area contributed by atoms with Crippen LogP contribution in [0.2, 0.25) is 0 Å². The number of rotatable bonds is 8. The lowest BCUT2D eigenvalue weighted by molar-refractivity contribution is -0.908. The van der Waals surface area contributed by atoms with Crippen LogP contribution < -0.4 is 15.5 Å². The summed E-state index contributed by atoms with van der Waals surface area (Å²) >= 11 is 0. The molecule has 2 aromatic rings. The Morgan fingerprint density at radius 2 is 1.41 bits per heavy atom. The van der Waals surface area contributed by atoms with E-state index in [2.05, 4.69) is 10.6 Å². The fourth-order valence-corrected chi connectivity index (χ4v) is 3.60. The van der Waals surface area contributed by atoms with Gasteiger partial charge >= 0.3 is 11.8 Å². The molecule has 2 amide bonds. The fraction of sp³-hybridized carbons (Fsp3) is 0.391. The highest BCUT2D eigenvalue weighted by atomic mass is 16.5. The molecule has 1 heterocycles. The summed E-state index contributed by atoms with van der Waals surface area (Å²) in [6.07, 6.45) is 0.852. The van der Waals surface area contributed by atoms with Gasteiger partial charge in [0, 0.05) is 25.4 Å². The van der Waals surface area contributed by atoms with Crippen molar-refractivity contribution in [3.63, 3.8) is 0 Å². The lowest BCUT2D eigenvalue weighted by Crippen LogP contribution is -3.14. The monoisotopic (exact) mass is 396 g/mol. The van der Waals surface area contributed by atoms with E-state index in [0.717, 1.165) is 50.4 Å². The number of morpholine rings is 1. The van der Waals surface area contributed by atoms with Crippen LogP contribution in [0.5, 0.6) is 0 Å². The zero-order valence-corrected chi connectivity index (χ0v) is 16.7. The number of amides is 2. The molecule has 0 saturated carbocycles. The third kappa shape index (κ3) is 6.69. The summed E-state index contributed by atoms with van der Waals surface area (Å²) in [7, 11) is 0. The number of ether oxygens (including phenoxy) is 1. The van der Waals surface area contributed by atoms with E-state index in [1.165, 1.54) is 4.90 Å². The van der Waals surface area contributed by atoms with Crippen molar-refractivity contribution >= 4 is 11.8 Å². The number of hydrogen-bond donors (Lipinski definition) is 3. The number of carbonyl (C=O) groups is 2. The molecule has 3 rings (SSSR count). The molecule has 0 atom stereocenters. The molecule has 6 heteroatoms. The summed E-state index contributed by atoms with van der Waals surface area (Å²) in [5.41, 5.74) is 2.21. The Hall–Kier alpha value is -2.70. The molecule has 0 unspecified atom stereocenters. The van der Waals surface area contributed by atoms with E-state index in [-0.39, 0.29) is 5.92 Å². The summed E-state index contributed by atoms with van der Waals surface area (Å²) in [6.45, 7) is 5.48. The third-order valence-electron chi connectivity index (χ3n) is 5.27. The quantitative estimate of drug-likeness (QED) is 0.446. The molecule has 1 aliphatic heterocycles. The first kappa shape index (κ1) is 21.0. The van der Waals surface area contributed by atoms with Crippen LogP contribution in [0.1, 0.15) is 23.5 Å². The zero-order chi connectivity index (χ0) is 20.3. The Balaban J connectivity index is 1.46. The van der Waals surface area contributed by atoms with E-state index in [1.807, 2.05) is 60.7 Å². The minimum absolute atomic E-state index is 0.000861. The summed E-state index contributed by atoms with van der Waals surface area (Å²) < 4.78 is 5.34. The Labute approximate surface area is 172 Å². The van der Waals surface area contributed by atoms with Gasteiger partial charge < -0.3 is 20.3 Å². The van der Waals surface area contributed by atoms with Crippen molar-refractivity contribution in [1.82, 2.24) is 10.6 Å². The van der Waals surface area contributed by atoms with Gasteiger partial charge in [0.25, 0.3) is 0 Å². The second-order valence-electron chi connectivity index (χ2n) is 7.31. The molecule has 2 aromatic carbocycles. The molecule has 3 N–H and O–H groups in total. The second-order valence-corrected chi connectivity index (χ2v) is 7.31. The highest BCUT2D eigenvalue weighted by Crippen LogP contribution is 2.23. The van der Waals surface area contributed by atoms with E-state index < -0.39 is 11.8 Å². The maximum atomic E-state index is 12.3. The van der Waals surface area contributed by atoms with Gasteiger partial charge in [0.15, 0.2) is 0 Å². The van der Waals surface area contributed by atoms with Gasteiger partial charge in [-0.2, -0.15) is 0 Å². The Bertz CT molecular complexity index is 722. The smallest absolute Gasteiger partial charge is 0.309 e. The van der Waals surface area contributed by atoms with Crippen LogP contribution in [-0.2, 0) is 14.3 Å². The van der Waals surface area contributed by atoms with Gasteiger partial charge in [0.2, 0.25) is 0 Å². The van der Waals surface area contributed by atoms with Gasteiger partial charge in [0.1, 0.15) is 13.1 Å². The number of benzene rings is 2. The predicted molar refractivity (Wildman–Crippen MR) is 112 cm³/mol. The minimum atomic E-state index is -0.583. The Morgan fingerprint density at radius 3 is 2.00 bits per heavy atom. The van der Waals surface area contributed by atoms with Crippen LogP contribution in [0.25, 0.3) is 0 Å². The van der Waals surface area contributed by atoms with Crippen LogP contribution >= 0.6 is 0 Å². The molecule has 0 radical (unpaired) electrons. The van der Waals surface area contributed by atoms with Crippen LogP contribution in [-0.4, -0.2) is 57.8 Å². The number of hydrogen-bond acceptors (Lipinski definition) is 3. The lowest BCUT2D eigenvalue weighted by atomic mass is 9.91. The highest BCUT2D eigenvalue weighted by Gasteiger charge is 2.19. The molecule has 154 valence electrons. The summed E-state index contributed by atoms with van der Waals surface area (Å²) in [6, 6.07) is 20.0. The first-order valence-corrected chi connectivity index (χ1v) is 10.3. The van der Waals surface area contributed by atoms with Crippen molar-refractivity contribution in [2.45, 2.75) is 12.3 Å². The fourth-order valence-electron chi connectivity index (χ4n) is 3.60. The van der Waals surface area contributed by atoms with Crippen LogP contribution in [0.15, 0.2) is 60.7 Å². The van der Waals surface area contributed by atoms with Gasteiger partial charge in [-0.05, 0) is 11.1 Å². The molecule has 0 aromatic heterocycles. The minimum Gasteiger partial charge on any atom is -0.370 e. The van der Waals surface area contributed by atoms with Gasteiger partial charge in [-0.1, -0.05) is 60.7 Å². The van der Waals surface area contributed by atoms with E-state index in [0.29, 0.717) is 13.1 Å². The molecule has 1 saturated heterocycles.